The fraction of sp³-hybridized carbons (Fsp3) is 0.0417. The molecule has 1 heterocycles. The summed E-state index contributed by atoms with van der Waals surface area (Å²) in [6.45, 7) is 1.29. The Kier molecular flexibility index (Phi) is 5.59. The molecule has 0 unspecified atom stereocenters. The van der Waals surface area contributed by atoms with E-state index in [-0.39, 0.29) is 23.0 Å². The number of aliphatic imine (C=N–C) groups is 1. The van der Waals surface area contributed by atoms with Crippen molar-refractivity contribution >= 4 is 35.2 Å². The summed E-state index contributed by atoms with van der Waals surface area (Å²) in [5.74, 6) is -0.352. The molecule has 1 amide bonds. The van der Waals surface area contributed by atoms with Crippen LogP contribution in [0.5, 0.6) is 5.75 Å². The lowest BCUT2D eigenvalue weighted by molar-refractivity contribution is -0.384. The number of non-ortho nitro benzene ring substituents is 1. The average Bonchev–Trinajstić information content (AvgIpc) is 3.10. The molecular weight excluding hydrogens is 410 g/mol. The van der Waals surface area contributed by atoms with E-state index in [0.29, 0.717) is 16.8 Å². The number of nitrogens with zero attached hydrogens (tertiary/aromatic N) is 3. The molecular formula is C24H17N3O5. The van der Waals surface area contributed by atoms with E-state index < -0.39 is 16.8 Å². The Balaban J connectivity index is 1.85. The van der Waals surface area contributed by atoms with Gasteiger partial charge in [-0.05, 0) is 35.9 Å². The summed E-state index contributed by atoms with van der Waals surface area (Å²) in [6.07, 6.45) is 1.49. The van der Waals surface area contributed by atoms with Crippen molar-refractivity contribution in [2.45, 2.75) is 6.92 Å². The van der Waals surface area contributed by atoms with Gasteiger partial charge in [0.15, 0.2) is 5.84 Å². The average molecular weight is 427 g/mol. The lowest BCUT2D eigenvalue weighted by Gasteiger charge is -2.19. The summed E-state index contributed by atoms with van der Waals surface area (Å²) in [4.78, 5) is 41.5. The maximum atomic E-state index is 13.3. The van der Waals surface area contributed by atoms with Crippen LogP contribution in [0.15, 0.2) is 89.6 Å². The highest BCUT2D eigenvalue weighted by atomic mass is 16.6. The SMILES string of the molecule is CC(=O)Oc1ccccc1C1=NC(=Cc2cccc([N+](=O)[O-])c2)C(=O)N1c1ccccc1. The van der Waals surface area contributed by atoms with Crippen LogP contribution >= 0.6 is 0 Å². The number of nitro groups is 1. The van der Waals surface area contributed by atoms with E-state index >= 15 is 0 Å². The lowest BCUT2D eigenvalue weighted by Crippen LogP contribution is -2.33. The number of amidine groups is 1. The van der Waals surface area contributed by atoms with Crippen molar-refractivity contribution in [1.29, 1.82) is 0 Å². The Morgan fingerprint density at radius 2 is 1.75 bits per heavy atom. The van der Waals surface area contributed by atoms with E-state index in [4.69, 9.17) is 4.74 Å². The highest BCUT2D eigenvalue weighted by Crippen LogP contribution is 2.31. The number of rotatable bonds is 5. The Morgan fingerprint density at radius 3 is 2.47 bits per heavy atom. The molecule has 1 aliphatic rings. The first-order chi connectivity index (χ1) is 15.4. The summed E-state index contributed by atoms with van der Waals surface area (Å²) in [7, 11) is 0. The Morgan fingerprint density at radius 1 is 1.03 bits per heavy atom. The number of para-hydroxylation sites is 2. The van der Waals surface area contributed by atoms with Crippen molar-refractivity contribution < 1.29 is 19.2 Å². The topological polar surface area (TPSA) is 102 Å². The van der Waals surface area contributed by atoms with E-state index in [0.717, 1.165) is 0 Å². The van der Waals surface area contributed by atoms with Gasteiger partial charge in [0, 0.05) is 19.1 Å². The van der Waals surface area contributed by atoms with Crippen molar-refractivity contribution in [1.82, 2.24) is 0 Å². The van der Waals surface area contributed by atoms with Crippen LogP contribution in [-0.4, -0.2) is 22.6 Å². The number of benzene rings is 3. The van der Waals surface area contributed by atoms with Gasteiger partial charge in [-0.25, -0.2) is 4.99 Å². The fourth-order valence-electron chi connectivity index (χ4n) is 3.30. The van der Waals surface area contributed by atoms with Gasteiger partial charge in [0.05, 0.1) is 16.2 Å². The van der Waals surface area contributed by atoms with Gasteiger partial charge in [0.2, 0.25) is 0 Å². The molecule has 3 aromatic rings. The molecule has 4 rings (SSSR count). The number of hydrogen-bond acceptors (Lipinski definition) is 6. The number of nitro benzene ring substituents is 1. The van der Waals surface area contributed by atoms with Gasteiger partial charge in [-0.2, -0.15) is 0 Å². The minimum atomic E-state index is -0.501. The molecule has 0 saturated carbocycles. The van der Waals surface area contributed by atoms with Gasteiger partial charge >= 0.3 is 5.97 Å². The molecule has 1 aliphatic heterocycles. The van der Waals surface area contributed by atoms with Gasteiger partial charge in [-0.1, -0.05) is 42.5 Å². The van der Waals surface area contributed by atoms with Crippen LogP contribution in [-0.2, 0) is 9.59 Å². The zero-order chi connectivity index (χ0) is 22.7. The van der Waals surface area contributed by atoms with Gasteiger partial charge in [0.25, 0.3) is 11.6 Å². The maximum Gasteiger partial charge on any atom is 0.308 e. The van der Waals surface area contributed by atoms with Gasteiger partial charge in [-0.3, -0.25) is 24.6 Å². The summed E-state index contributed by atoms with van der Waals surface area (Å²) in [6, 6.07) is 21.7. The first-order valence-corrected chi connectivity index (χ1v) is 9.66. The predicted octanol–water partition coefficient (Wildman–Crippen LogP) is 4.35. The normalized spacial score (nSPS) is 14.4. The molecule has 0 aromatic heterocycles. The second-order valence-electron chi connectivity index (χ2n) is 6.88. The second kappa shape index (κ2) is 8.65. The Labute approximate surface area is 183 Å². The summed E-state index contributed by atoms with van der Waals surface area (Å²) in [5.41, 5.74) is 1.52. The van der Waals surface area contributed by atoms with Crippen LogP contribution in [0.4, 0.5) is 11.4 Å². The fourth-order valence-corrected chi connectivity index (χ4v) is 3.30. The Hall–Kier alpha value is -4.59. The Bertz CT molecular complexity index is 1280. The largest absolute Gasteiger partial charge is 0.426 e. The lowest BCUT2D eigenvalue weighted by atomic mass is 10.1. The number of hydrogen-bond donors (Lipinski definition) is 0. The third kappa shape index (κ3) is 4.15. The molecule has 0 N–H and O–H groups in total. The zero-order valence-electron chi connectivity index (χ0n) is 17.0. The standard InChI is InChI=1S/C24H17N3O5/c1-16(28)32-22-13-6-5-12-20(22)23-25-21(15-17-8-7-11-19(14-17)27(30)31)24(29)26(23)18-9-3-2-4-10-18/h2-15H,1H3. The number of carbonyl (C=O) groups excluding carboxylic acids is 2. The molecule has 8 heteroatoms. The predicted molar refractivity (Wildman–Crippen MR) is 119 cm³/mol. The number of ether oxygens (including phenoxy) is 1. The van der Waals surface area contributed by atoms with Crippen molar-refractivity contribution in [3.8, 4) is 5.75 Å². The van der Waals surface area contributed by atoms with Crippen LogP contribution in [0, 0.1) is 10.1 Å². The van der Waals surface area contributed by atoms with E-state index in [1.165, 1.54) is 30.0 Å². The summed E-state index contributed by atoms with van der Waals surface area (Å²) >= 11 is 0. The third-order valence-corrected chi connectivity index (χ3v) is 4.64. The smallest absolute Gasteiger partial charge is 0.308 e. The minimum absolute atomic E-state index is 0.0888. The van der Waals surface area contributed by atoms with Crippen molar-refractivity contribution in [3.63, 3.8) is 0 Å². The van der Waals surface area contributed by atoms with Crippen LogP contribution < -0.4 is 9.64 Å². The van der Waals surface area contributed by atoms with Crippen LogP contribution in [0.3, 0.4) is 0 Å². The number of carbonyl (C=O) groups is 2. The number of amides is 1. The molecule has 0 aliphatic carbocycles. The molecule has 3 aromatic carbocycles. The van der Waals surface area contributed by atoms with Crippen molar-refractivity contribution in [2.24, 2.45) is 4.99 Å². The van der Waals surface area contributed by atoms with Crippen molar-refractivity contribution in [2.75, 3.05) is 4.90 Å². The molecule has 8 nitrogen and oxygen atoms in total. The minimum Gasteiger partial charge on any atom is -0.426 e. The third-order valence-electron chi connectivity index (χ3n) is 4.64. The van der Waals surface area contributed by atoms with Gasteiger partial charge in [-0.15, -0.1) is 0 Å². The maximum absolute atomic E-state index is 13.3. The van der Waals surface area contributed by atoms with E-state index in [9.17, 15) is 19.7 Å². The van der Waals surface area contributed by atoms with Gasteiger partial charge in [0.1, 0.15) is 11.4 Å². The quantitative estimate of drug-likeness (QED) is 0.198. The summed E-state index contributed by atoms with van der Waals surface area (Å²) in [5, 5.41) is 11.1. The highest BCUT2D eigenvalue weighted by molar-refractivity contribution is 6.33. The molecule has 0 fully saturated rings. The first kappa shape index (κ1) is 20.7. The molecule has 0 bridgehead atoms. The van der Waals surface area contributed by atoms with E-state index in [1.54, 1.807) is 60.7 Å². The van der Waals surface area contributed by atoms with Crippen LogP contribution in [0.1, 0.15) is 18.1 Å². The van der Waals surface area contributed by atoms with Gasteiger partial charge < -0.3 is 4.74 Å². The monoisotopic (exact) mass is 427 g/mol. The molecule has 0 spiro atoms. The molecule has 0 saturated heterocycles. The molecule has 0 radical (unpaired) electrons. The molecule has 158 valence electrons. The van der Waals surface area contributed by atoms with Crippen LogP contribution in [0.25, 0.3) is 6.08 Å². The summed E-state index contributed by atoms with van der Waals surface area (Å²) < 4.78 is 5.32. The van der Waals surface area contributed by atoms with Crippen molar-refractivity contribution in [3.05, 3.63) is 106 Å². The molecule has 32 heavy (non-hydrogen) atoms. The first-order valence-electron chi connectivity index (χ1n) is 9.66. The second-order valence-corrected chi connectivity index (χ2v) is 6.88. The number of anilines is 1. The highest BCUT2D eigenvalue weighted by Gasteiger charge is 2.34. The number of esters is 1. The van der Waals surface area contributed by atoms with E-state index in [2.05, 4.69) is 4.99 Å². The van der Waals surface area contributed by atoms with Crippen LogP contribution in [0.2, 0.25) is 0 Å². The zero-order valence-corrected chi connectivity index (χ0v) is 17.0. The van der Waals surface area contributed by atoms with E-state index in [1.807, 2.05) is 6.07 Å². The molecule has 0 atom stereocenters.